The van der Waals surface area contributed by atoms with E-state index >= 15 is 0 Å². The molecular weight excluding hydrogens is 174 g/mol. The van der Waals surface area contributed by atoms with Crippen molar-refractivity contribution in [2.45, 2.75) is 13.3 Å². The van der Waals surface area contributed by atoms with E-state index in [9.17, 15) is 0 Å². The smallest absolute Gasteiger partial charge is 0.127 e. The van der Waals surface area contributed by atoms with Crippen LogP contribution in [0.25, 0.3) is 0 Å². The maximum absolute atomic E-state index is 4.16. The first-order chi connectivity index (χ1) is 6.79. The Morgan fingerprint density at radius 3 is 3.00 bits per heavy atom. The van der Waals surface area contributed by atoms with Gasteiger partial charge < -0.3 is 10.6 Å². The molecule has 1 heterocycles. The molecule has 3 heteroatoms. The van der Waals surface area contributed by atoms with Gasteiger partial charge in [0.25, 0.3) is 0 Å². The summed E-state index contributed by atoms with van der Waals surface area (Å²) in [7, 11) is 1.88. The number of hydrogen-bond donors (Lipinski definition) is 2. The molecule has 1 aromatic rings. The predicted molar refractivity (Wildman–Crippen MR) is 59.5 cm³/mol. The third kappa shape index (κ3) is 2.16. The summed E-state index contributed by atoms with van der Waals surface area (Å²) in [6.07, 6.45) is 3.20. The Morgan fingerprint density at radius 2 is 2.36 bits per heavy atom. The van der Waals surface area contributed by atoms with Gasteiger partial charge in [0, 0.05) is 31.5 Å². The van der Waals surface area contributed by atoms with E-state index < -0.39 is 0 Å². The molecule has 2 N–H and O–H groups in total. The van der Waals surface area contributed by atoms with Gasteiger partial charge in [0.2, 0.25) is 0 Å². The molecule has 0 aromatic carbocycles. The van der Waals surface area contributed by atoms with Crippen molar-refractivity contribution in [1.29, 1.82) is 0 Å². The molecular formula is C11H17N3. The quantitative estimate of drug-likeness (QED) is 0.766. The predicted octanol–water partition coefficient (Wildman–Crippen LogP) is 2.19. The van der Waals surface area contributed by atoms with Crippen LogP contribution in [0.1, 0.15) is 13.3 Å². The minimum absolute atomic E-state index is 0.876. The highest BCUT2D eigenvalue weighted by Gasteiger charge is 2.31. The average molecular weight is 191 g/mol. The summed E-state index contributed by atoms with van der Waals surface area (Å²) in [5.74, 6) is 2.70. The number of nitrogens with one attached hydrogen (secondary N) is 2. The van der Waals surface area contributed by atoms with Crippen molar-refractivity contribution in [3.8, 4) is 0 Å². The normalized spacial score (nSPS) is 24.4. The van der Waals surface area contributed by atoms with E-state index in [4.69, 9.17) is 0 Å². The van der Waals surface area contributed by atoms with Crippen LogP contribution in [-0.2, 0) is 0 Å². The Kier molecular flexibility index (Phi) is 2.57. The molecule has 76 valence electrons. The van der Waals surface area contributed by atoms with E-state index in [2.05, 4.69) is 22.5 Å². The molecule has 0 bridgehead atoms. The fraction of sp³-hybridized carbons (Fsp3) is 0.545. The Labute approximate surface area is 84.9 Å². The Bertz CT molecular complexity index is 311. The van der Waals surface area contributed by atoms with Gasteiger partial charge in [-0.05, 0) is 24.3 Å². The van der Waals surface area contributed by atoms with E-state index in [0.29, 0.717) is 0 Å². The molecule has 1 aliphatic carbocycles. The van der Waals surface area contributed by atoms with E-state index in [0.717, 1.165) is 29.9 Å². The topological polar surface area (TPSA) is 37.0 Å². The van der Waals surface area contributed by atoms with Crippen LogP contribution in [0, 0.1) is 11.8 Å². The Hall–Kier alpha value is -1.25. The highest BCUT2D eigenvalue weighted by atomic mass is 15.0. The fourth-order valence-electron chi connectivity index (χ4n) is 1.61. The van der Waals surface area contributed by atoms with Crippen LogP contribution < -0.4 is 10.6 Å². The van der Waals surface area contributed by atoms with Crippen LogP contribution in [0.15, 0.2) is 18.3 Å². The van der Waals surface area contributed by atoms with Crippen molar-refractivity contribution in [2.75, 3.05) is 24.2 Å². The van der Waals surface area contributed by atoms with Gasteiger partial charge in [0.1, 0.15) is 5.82 Å². The molecule has 2 rings (SSSR count). The molecule has 1 aromatic heterocycles. The first-order valence-corrected chi connectivity index (χ1v) is 5.17. The fourth-order valence-corrected chi connectivity index (χ4v) is 1.61. The van der Waals surface area contributed by atoms with Crippen molar-refractivity contribution >= 4 is 11.5 Å². The molecule has 1 saturated carbocycles. The van der Waals surface area contributed by atoms with Crippen molar-refractivity contribution in [1.82, 2.24) is 4.98 Å². The highest BCUT2D eigenvalue weighted by molar-refractivity contribution is 5.51. The molecule has 0 aliphatic heterocycles. The number of anilines is 2. The number of nitrogens with zero attached hydrogens (tertiary/aromatic N) is 1. The minimum Gasteiger partial charge on any atom is -0.385 e. The van der Waals surface area contributed by atoms with E-state index in [-0.39, 0.29) is 0 Å². The van der Waals surface area contributed by atoms with Gasteiger partial charge in [0.15, 0.2) is 0 Å². The summed E-state index contributed by atoms with van der Waals surface area (Å²) in [4.78, 5) is 4.16. The lowest BCUT2D eigenvalue weighted by molar-refractivity contribution is 0.787. The molecule has 2 unspecified atom stereocenters. The molecule has 2 atom stereocenters. The largest absolute Gasteiger partial charge is 0.385 e. The molecule has 0 spiro atoms. The third-order valence-electron chi connectivity index (χ3n) is 2.86. The molecule has 0 radical (unpaired) electrons. The van der Waals surface area contributed by atoms with Gasteiger partial charge in [-0.3, -0.25) is 0 Å². The third-order valence-corrected chi connectivity index (χ3v) is 2.86. The van der Waals surface area contributed by atoms with Crippen molar-refractivity contribution < 1.29 is 0 Å². The van der Waals surface area contributed by atoms with E-state index in [1.54, 1.807) is 0 Å². The standard InChI is InChI=1S/C11H17N3/c1-8-5-9(8)7-14-10-3-4-13-11(6-10)12-2/h3-4,6,8-9H,5,7H2,1-2H3,(H2,12,13,14). The van der Waals surface area contributed by atoms with Gasteiger partial charge in [-0.15, -0.1) is 0 Å². The van der Waals surface area contributed by atoms with E-state index in [1.807, 2.05) is 25.4 Å². The summed E-state index contributed by atoms with van der Waals surface area (Å²) in [5.41, 5.74) is 1.16. The first kappa shape index (κ1) is 9.31. The van der Waals surface area contributed by atoms with E-state index in [1.165, 1.54) is 6.42 Å². The molecule has 3 nitrogen and oxygen atoms in total. The molecule has 1 fully saturated rings. The summed E-state index contributed by atoms with van der Waals surface area (Å²) in [6.45, 7) is 3.40. The SMILES string of the molecule is CNc1cc(NCC2CC2C)ccn1. The zero-order valence-electron chi connectivity index (χ0n) is 8.75. The van der Waals surface area contributed by atoms with Gasteiger partial charge in [0.05, 0.1) is 0 Å². The summed E-state index contributed by atoms with van der Waals surface area (Å²) >= 11 is 0. The maximum atomic E-state index is 4.16. The average Bonchev–Trinajstić information content (AvgIpc) is 2.92. The van der Waals surface area contributed by atoms with Gasteiger partial charge in [-0.1, -0.05) is 6.92 Å². The maximum Gasteiger partial charge on any atom is 0.127 e. The van der Waals surface area contributed by atoms with Crippen molar-refractivity contribution in [3.05, 3.63) is 18.3 Å². The molecule has 0 amide bonds. The first-order valence-electron chi connectivity index (χ1n) is 5.17. The van der Waals surface area contributed by atoms with Crippen LogP contribution in [0.5, 0.6) is 0 Å². The second-order valence-electron chi connectivity index (χ2n) is 4.03. The number of rotatable bonds is 4. The lowest BCUT2D eigenvalue weighted by Crippen LogP contribution is -2.05. The van der Waals surface area contributed by atoms with Crippen LogP contribution in [0.3, 0.4) is 0 Å². The van der Waals surface area contributed by atoms with Gasteiger partial charge in [-0.2, -0.15) is 0 Å². The van der Waals surface area contributed by atoms with Gasteiger partial charge >= 0.3 is 0 Å². The summed E-state index contributed by atoms with van der Waals surface area (Å²) in [6, 6.07) is 4.04. The second kappa shape index (κ2) is 3.86. The lowest BCUT2D eigenvalue weighted by atomic mass is 10.3. The van der Waals surface area contributed by atoms with Crippen LogP contribution in [0.4, 0.5) is 11.5 Å². The van der Waals surface area contributed by atoms with Crippen molar-refractivity contribution in [2.24, 2.45) is 11.8 Å². The van der Waals surface area contributed by atoms with Gasteiger partial charge in [-0.25, -0.2) is 4.98 Å². The minimum atomic E-state index is 0.876. The number of pyridine rings is 1. The van der Waals surface area contributed by atoms with Crippen molar-refractivity contribution in [3.63, 3.8) is 0 Å². The van der Waals surface area contributed by atoms with Crippen LogP contribution in [0.2, 0.25) is 0 Å². The van der Waals surface area contributed by atoms with Crippen LogP contribution in [-0.4, -0.2) is 18.6 Å². The number of aromatic nitrogens is 1. The second-order valence-corrected chi connectivity index (χ2v) is 4.03. The zero-order chi connectivity index (χ0) is 9.97. The Balaban J connectivity index is 1.88. The monoisotopic (exact) mass is 191 g/mol. The number of hydrogen-bond acceptors (Lipinski definition) is 3. The molecule has 14 heavy (non-hydrogen) atoms. The highest BCUT2D eigenvalue weighted by Crippen LogP contribution is 2.37. The van der Waals surface area contributed by atoms with Crippen LogP contribution >= 0.6 is 0 Å². The zero-order valence-corrected chi connectivity index (χ0v) is 8.75. The Morgan fingerprint density at radius 1 is 1.57 bits per heavy atom. The lowest BCUT2D eigenvalue weighted by Gasteiger charge is -2.06. The molecule has 1 aliphatic rings. The summed E-state index contributed by atoms with van der Waals surface area (Å²) < 4.78 is 0. The summed E-state index contributed by atoms with van der Waals surface area (Å²) in [5, 5.41) is 6.46. The molecule has 0 saturated heterocycles.